The summed E-state index contributed by atoms with van der Waals surface area (Å²) in [6.07, 6.45) is 5.98. The van der Waals surface area contributed by atoms with Gasteiger partial charge in [-0.2, -0.15) is 0 Å². The fourth-order valence-electron chi connectivity index (χ4n) is 4.24. The molecule has 1 amide bonds. The van der Waals surface area contributed by atoms with Gasteiger partial charge in [-0.3, -0.25) is 4.79 Å². The summed E-state index contributed by atoms with van der Waals surface area (Å²) in [6.45, 7) is 0.0855. The first-order valence-electron chi connectivity index (χ1n) is 9.71. The van der Waals surface area contributed by atoms with Gasteiger partial charge in [-0.1, -0.05) is 39.3 Å². The Morgan fingerprint density at radius 1 is 1.16 bits per heavy atom. The predicted octanol–water partition coefficient (Wildman–Crippen LogP) is 5.92. The molecule has 1 saturated heterocycles. The number of rotatable bonds is 3. The van der Waals surface area contributed by atoms with Gasteiger partial charge in [0.25, 0.3) is 0 Å². The number of hydrogen-bond acceptors (Lipinski definition) is 5. The maximum atomic E-state index is 11.8. The van der Waals surface area contributed by atoms with Crippen molar-refractivity contribution in [1.82, 2.24) is 0 Å². The van der Waals surface area contributed by atoms with E-state index in [1.165, 1.54) is 0 Å². The lowest BCUT2D eigenvalue weighted by Crippen LogP contribution is -2.41. The molecule has 9 heteroatoms. The van der Waals surface area contributed by atoms with Crippen LogP contribution in [0.25, 0.3) is 10.4 Å². The van der Waals surface area contributed by atoms with Crippen molar-refractivity contribution < 1.29 is 19.0 Å². The largest absolute Gasteiger partial charge is 0.467 e. The van der Waals surface area contributed by atoms with Gasteiger partial charge in [0, 0.05) is 39.1 Å². The van der Waals surface area contributed by atoms with Crippen molar-refractivity contribution in [2.75, 3.05) is 17.4 Å². The van der Waals surface area contributed by atoms with E-state index in [1.54, 1.807) is 18.2 Å². The predicted molar refractivity (Wildman–Crippen MR) is 117 cm³/mol. The molecule has 2 aromatic carbocycles. The van der Waals surface area contributed by atoms with Gasteiger partial charge in [0.05, 0.1) is 5.33 Å². The molecule has 8 nitrogen and oxygen atoms in total. The van der Waals surface area contributed by atoms with E-state index < -0.39 is 5.60 Å². The zero-order chi connectivity index (χ0) is 21.4. The first-order chi connectivity index (χ1) is 15.2. The summed E-state index contributed by atoms with van der Waals surface area (Å²) in [5.74, 6) is 1.70. The number of benzene rings is 2. The average Bonchev–Trinajstić information content (AvgIpc) is 2.79. The molecule has 156 valence electrons. The Bertz CT molecular complexity index is 1200. The van der Waals surface area contributed by atoms with Gasteiger partial charge in [0.2, 0.25) is 5.91 Å². The van der Waals surface area contributed by atoms with Crippen molar-refractivity contribution in [3.05, 3.63) is 81.5 Å². The van der Waals surface area contributed by atoms with E-state index in [0.29, 0.717) is 22.9 Å². The van der Waals surface area contributed by atoms with Crippen molar-refractivity contribution in [2.45, 2.75) is 18.4 Å². The van der Waals surface area contributed by atoms with Crippen LogP contribution in [-0.4, -0.2) is 18.0 Å². The van der Waals surface area contributed by atoms with Crippen LogP contribution in [0.15, 0.2) is 65.0 Å². The topological polar surface area (TPSA) is 106 Å². The second-order valence-corrected chi connectivity index (χ2v) is 7.78. The van der Waals surface area contributed by atoms with Gasteiger partial charge in [-0.05, 0) is 42.6 Å². The van der Waals surface area contributed by atoms with Gasteiger partial charge >= 0.3 is 0 Å². The molecule has 1 N–H and O–H groups in total. The van der Waals surface area contributed by atoms with Crippen LogP contribution in [0, 0.1) is 0 Å². The van der Waals surface area contributed by atoms with Crippen LogP contribution in [0.2, 0.25) is 0 Å². The summed E-state index contributed by atoms with van der Waals surface area (Å²) in [5.41, 5.74) is 11.5. The van der Waals surface area contributed by atoms with Crippen molar-refractivity contribution in [3.8, 4) is 11.5 Å². The summed E-state index contributed by atoms with van der Waals surface area (Å²) >= 11 is 3.16. The smallest absolute Gasteiger partial charge is 0.235 e. The molecule has 3 aliphatic rings. The number of halogens is 1. The number of ether oxygens (including phenoxy) is 3. The van der Waals surface area contributed by atoms with E-state index in [-0.39, 0.29) is 18.0 Å². The summed E-state index contributed by atoms with van der Waals surface area (Å²) in [5, 5.41) is 6.71. The highest BCUT2D eigenvalue weighted by atomic mass is 79.9. The van der Waals surface area contributed by atoms with Crippen LogP contribution >= 0.6 is 15.9 Å². The third kappa shape index (κ3) is 3.18. The molecule has 31 heavy (non-hydrogen) atoms. The first kappa shape index (κ1) is 19.7. The van der Waals surface area contributed by atoms with Crippen LogP contribution in [0.3, 0.4) is 0 Å². The minimum atomic E-state index is -0.930. The number of carbonyl (C=O) groups excluding carboxylic acids is 1. The summed E-state index contributed by atoms with van der Waals surface area (Å²) < 4.78 is 18.4. The highest BCUT2D eigenvalue weighted by Gasteiger charge is 2.50. The normalized spacial score (nSPS) is 20.5. The highest BCUT2D eigenvalue weighted by molar-refractivity contribution is 9.09. The molecule has 1 spiro atoms. The number of allylic oxidation sites excluding steroid dienone is 2. The Morgan fingerprint density at radius 3 is 2.74 bits per heavy atom. The van der Waals surface area contributed by atoms with Gasteiger partial charge in [0.1, 0.15) is 17.3 Å². The van der Waals surface area contributed by atoms with Crippen LogP contribution in [0.1, 0.15) is 24.0 Å². The number of azide groups is 1. The molecule has 5 rings (SSSR count). The van der Waals surface area contributed by atoms with E-state index in [9.17, 15) is 4.79 Å². The number of carbonyl (C=O) groups is 1. The summed E-state index contributed by atoms with van der Waals surface area (Å²) in [6, 6.07) is 10.8. The molecule has 2 heterocycles. The Kier molecular flexibility index (Phi) is 4.94. The lowest BCUT2D eigenvalue weighted by Gasteiger charge is -2.45. The Balaban J connectivity index is 1.73. The molecule has 0 bridgehead atoms. The molecule has 0 aromatic heterocycles. The fourth-order valence-corrected chi connectivity index (χ4v) is 4.38. The van der Waals surface area contributed by atoms with E-state index in [2.05, 4.69) is 43.4 Å². The highest BCUT2D eigenvalue weighted by Crippen LogP contribution is 2.57. The molecule has 1 atom stereocenters. The lowest BCUT2D eigenvalue weighted by molar-refractivity contribution is -0.125. The van der Waals surface area contributed by atoms with Gasteiger partial charge in [0.15, 0.2) is 12.4 Å². The maximum Gasteiger partial charge on any atom is 0.235 e. The number of hydrogen-bond donors (Lipinski definition) is 1. The Morgan fingerprint density at radius 2 is 1.94 bits per heavy atom. The minimum Gasteiger partial charge on any atom is -0.467 e. The van der Waals surface area contributed by atoms with E-state index in [0.717, 1.165) is 35.3 Å². The molecule has 1 fully saturated rings. The average molecular weight is 481 g/mol. The van der Waals surface area contributed by atoms with Crippen molar-refractivity contribution in [1.29, 1.82) is 0 Å². The molecule has 0 radical (unpaired) electrons. The van der Waals surface area contributed by atoms with Gasteiger partial charge < -0.3 is 19.5 Å². The van der Waals surface area contributed by atoms with Gasteiger partial charge in [-0.15, -0.1) is 0 Å². The van der Waals surface area contributed by atoms with E-state index in [4.69, 9.17) is 19.7 Å². The second-order valence-electron chi connectivity index (χ2n) is 7.22. The fraction of sp³-hybridized carbons (Fsp3) is 0.227. The number of nitrogens with one attached hydrogen (secondary N) is 1. The molecule has 2 aliphatic heterocycles. The maximum absolute atomic E-state index is 11.8. The minimum absolute atomic E-state index is 0.0855. The molecule has 2 aromatic rings. The third-order valence-corrected chi connectivity index (χ3v) is 5.98. The number of anilines is 1. The van der Waals surface area contributed by atoms with Crippen molar-refractivity contribution in [2.24, 2.45) is 5.11 Å². The van der Waals surface area contributed by atoms with Crippen molar-refractivity contribution in [3.63, 3.8) is 0 Å². The molecule has 1 aliphatic carbocycles. The number of fused-ring (bicyclic) bond motifs is 6. The zero-order valence-corrected chi connectivity index (χ0v) is 17.9. The number of amides is 1. The third-order valence-electron chi connectivity index (χ3n) is 5.47. The van der Waals surface area contributed by atoms with Crippen LogP contribution < -0.4 is 10.1 Å². The van der Waals surface area contributed by atoms with E-state index in [1.807, 2.05) is 18.2 Å². The first-order valence-corrected chi connectivity index (χ1v) is 10.8. The quantitative estimate of drug-likeness (QED) is 0.254. The Labute approximate surface area is 186 Å². The Hall–Kier alpha value is -3.26. The molecular formula is C22H17BrN4O4. The van der Waals surface area contributed by atoms with Crippen LogP contribution in [-0.2, 0) is 19.9 Å². The number of nitrogens with zero attached hydrogens (tertiary/aromatic N) is 3. The monoisotopic (exact) mass is 480 g/mol. The van der Waals surface area contributed by atoms with Crippen LogP contribution in [0.5, 0.6) is 11.5 Å². The van der Waals surface area contributed by atoms with Gasteiger partial charge in [-0.25, -0.2) is 0 Å². The van der Waals surface area contributed by atoms with E-state index >= 15 is 0 Å². The SMILES string of the molecule is [N-]=[N+]=Nc1ccc2c(c1)Oc1cc(NC(=O)CBr)ccc1C21OCOC2=CCCC=C21. The van der Waals surface area contributed by atoms with Crippen molar-refractivity contribution >= 4 is 33.2 Å². The summed E-state index contributed by atoms with van der Waals surface area (Å²) in [4.78, 5) is 14.7. The standard InChI is InChI=1S/C22H17BrN4O4/c23-11-21(28)25-13-5-7-16-19(9-13)31-20-10-14(26-27-24)6-8-17(20)22(16)15-3-1-2-4-18(15)29-12-30-22/h3-10H,1-2,11-12H2,(H,25,28). The lowest BCUT2D eigenvalue weighted by atomic mass is 9.74. The summed E-state index contributed by atoms with van der Waals surface area (Å²) in [7, 11) is 0. The zero-order valence-electron chi connectivity index (χ0n) is 16.3. The molecule has 1 unspecified atom stereocenters. The molecular weight excluding hydrogens is 464 g/mol. The number of alkyl halides is 1. The second kappa shape index (κ2) is 7.77. The van der Waals surface area contributed by atoms with Crippen LogP contribution in [0.4, 0.5) is 11.4 Å². The molecule has 0 saturated carbocycles.